The Morgan fingerprint density at radius 2 is 2.29 bits per heavy atom. The third-order valence-corrected chi connectivity index (χ3v) is 3.83. The Morgan fingerprint density at radius 3 is 2.86 bits per heavy atom. The van der Waals surface area contributed by atoms with E-state index in [0.717, 1.165) is 6.07 Å². The van der Waals surface area contributed by atoms with Crippen LogP contribution in [0.3, 0.4) is 0 Å². The molecule has 0 aromatic heterocycles. The fraction of sp³-hybridized carbons (Fsp3) is 0.500. The summed E-state index contributed by atoms with van der Waals surface area (Å²) in [6, 6.07) is 1.84. The number of benzene rings is 1. The number of aryl methyl sites for hydroxylation is 1. The predicted molar refractivity (Wildman–Crippen MR) is 78.2 cm³/mol. The number of carbonyl (C=O) groups is 1. The molecule has 21 heavy (non-hydrogen) atoms. The highest BCUT2D eigenvalue weighted by Gasteiger charge is 2.33. The third-order valence-electron chi connectivity index (χ3n) is 3.51. The van der Waals surface area contributed by atoms with Gasteiger partial charge in [-0.1, -0.05) is 11.6 Å². The number of amides is 2. The summed E-state index contributed by atoms with van der Waals surface area (Å²) < 4.78 is 18.5. The standard InChI is InChI=1S/C14H18ClFN2O3/c1-3-18(12-6-21-7-13(12)19)14(20)17-11-4-8(2)10(16)5-9(11)15/h4-5,12-13,19H,3,6-7H2,1-2H3,(H,17,20)/t12-,13-/m1/s1. The number of rotatable bonds is 3. The van der Waals surface area contributed by atoms with Gasteiger partial charge in [-0.05, 0) is 31.5 Å². The average molecular weight is 317 g/mol. The lowest BCUT2D eigenvalue weighted by Crippen LogP contribution is -2.48. The first-order valence-electron chi connectivity index (χ1n) is 6.73. The monoisotopic (exact) mass is 316 g/mol. The second kappa shape index (κ2) is 6.60. The van der Waals surface area contributed by atoms with Crippen molar-refractivity contribution in [1.29, 1.82) is 0 Å². The Kier molecular flexibility index (Phi) is 5.03. The highest BCUT2D eigenvalue weighted by atomic mass is 35.5. The van der Waals surface area contributed by atoms with Gasteiger partial charge in [0.1, 0.15) is 5.82 Å². The minimum absolute atomic E-state index is 0.130. The molecule has 5 nitrogen and oxygen atoms in total. The summed E-state index contributed by atoms with van der Waals surface area (Å²) >= 11 is 5.93. The minimum atomic E-state index is -0.707. The number of halogens is 2. The lowest BCUT2D eigenvalue weighted by Gasteiger charge is -2.29. The Bertz CT molecular complexity index is 541. The molecule has 2 amide bonds. The number of aliphatic hydroxyl groups is 1. The molecule has 0 radical (unpaired) electrons. The maximum absolute atomic E-state index is 13.4. The quantitative estimate of drug-likeness (QED) is 0.900. The Morgan fingerprint density at radius 1 is 1.57 bits per heavy atom. The van der Waals surface area contributed by atoms with Crippen LogP contribution in [-0.4, -0.2) is 47.9 Å². The van der Waals surface area contributed by atoms with E-state index in [4.69, 9.17) is 16.3 Å². The Hall–Kier alpha value is -1.37. The van der Waals surface area contributed by atoms with Gasteiger partial charge in [0.2, 0.25) is 0 Å². The molecule has 0 aliphatic carbocycles. The first-order chi connectivity index (χ1) is 9.93. The molecule has 1 aliphatic heterocycles. The van der Waals surface area contributed by atoms with Gasteiger partial charge in [-0.3, -0.25) is 0 Å². The van der Waals surface area contributed by atoms with Crippen LogP contribution in [-0.2, 0) is 4.74 Å². The van der Waals surface area contributed by atoms with Crippen LogP contribution in [0.5, 0.6) is 0 Å². The highest BCUT2D eigenvalue weighted by molar-refractivity contribution is 6.33. The van der Waals surface area contributed by atoms with Gasteiger partial charge < -0.3 is 20.1 Å². The number of nitrogens with one attached hydrogen (secondary N) is 1. The second-order valence-corrected chi connectivity index (χ2v) is 5.38. The van der Waals surface area contributed by atoms with Crippen molar-refractivity contribution in [2.24, 2.45) is 0 Å². The summed E-state index contributed by atoms with van der Waals surface area (Å²) in [6.45, 7) is 4.31. The number of likely N-dealkylation sites (N-methyl/N-ethyl adjacent to an activating group) is 1. The van der Waals surface area contributed by atoms with Crippen molar-refractivity contribution in [3.63, 3.8) is 0 Å². The van der Waals surface area contributed by atoms with Crippen LogP contribution in [0, 0.1) is 12.7 Å². The molecule has 1 aromatic carbocycles. The molecule has 0 saturated carbocycles. The molecule has 1 saturated heterocycles. The van der Waals surface area contributed by atoms with E-state index < -0.39 is 24.0 Å². The molecular weight excluding hydrogens is 299 g/mol. The van der Waals surface area contributed by atoms with Crippen molar-refractivity contribution >= 4 is 23.3 Å². The first-order valence-corrected chi connectivity index (χ1v) is 7.11. The number of carbonyl (C=O) groups excluding carboxylic acids is 1. The summed E-state index contributed by atoms with van der Waals surface area (Å²) in [5.41, 5.74) is 0.731. The van der Waals surface area contributed by atoms with Gasteiger partial charge in [-0.15, -0.1) is 0 Å². The molecule has 1 aromatic rings. The van der Waals surface area contributed by atoms with Crippen LogP contribution < -0.4 is 5.32 Å². The van der Waals surface area contributed by atoms with Gasteiger partial charge in [0.15, 0.2) is 0 Å². The van der Waals surface area contributed by atoms with Gasteiger partial charge in [0.05, 0.1) is 36.1 Å². The van der Waals surface area contributed by atoms with Crippen LogP contribution in [0.2, 0.25) is 5.02 Å². The van der Waals surface area contributed by atoms with E-state index in [9.17, 15) is 14.3 Å². The fourth-order valence-electron chi connectivity index (χ4n) is 2.30. The number of nitrogens with zero attached hydrogens (tertiary/aromatic N) is 1. The average Bonchev–Trinajstić information content (AvgIpc) is 2.83. The van der Waals surface area contributed by atoms with E-state index in [1.54, 1.807) is 6.92 Å². The minimum Gasteiger partial charge on any atom is -0.388 e. The number of urea groups is 1. The van der Waals surface area contributed by atoms with E-state index in [0.29, 0.717) is 24.4 Å². The zero-order valence-corrected chi connectivity index (χ0v) is 12.7. The van der Waals surface area contributed by atoms with E-state index in [2.05, 4.69) is 5.32 Å². The second-order valence-electron chi connectivity index (χ2n) is 4.97. The molecule has 2 atom stereocenters. The van der Waals surface area contributed by atoms with Crippen LogP contribution in [0.4, 0.5) is 14.9 Å². The van der Waals surface area contributed by atoms with Crippen molar-refractivity contribution in [1.82, 2.24) is 4.90 Å². The number of anilines is 1. The van der Waals surface area contributed by atoms with Crippen LogP contribution >= 0.6 is 11.6 Å². The summed E-state index contributed by atoms with van der Waals surface area (Å²) in [7, 11) is 0. The molecule has 2 N–H and O–H groups in total. The third kappa shape index (κ3) is 3.45. The van der Waals surface area contributed by atoms with E-state index in [1.165, 1.54) is 11.0 Å². The van der Waals surface area contributed by atoms with Gasteiger partial charge >= 0.3 is 6.03 Å². The first kappa shape index (κ1) is 16.0. The van der Waals surface area contributed by atoms with Gasteiger partial charge in [-0.25, -0.2) is 9.18 Å². The largest absolute Gasteiger partial charge is 0.388 e. The van der Waals surface area contributed by atoms with Crippen LogP contribution in [0.25, 0.3) is 0 Å². The predicted octanol–water partition coefficient (Wildman–Crippen LogP) is 2.40. The Labute approximate surface area is 127 Å². The van der Waals surface area contributed by atoms with Crippen molar-refractivity contribution in [2.45, 2.75) is 26.0 Å². The smallest absolute Gasteiger partial charge is 0.322 e. The lowest BCUT2D eigenvalue weighted by molar-refractivity contribution is 0.1000. The summed E-state index contributed by atoms with van der Waals surface area (Å²) in [5.74, 6) is -0.426. The molecule has 116 valence electrons. The number of aliphatic hydroxyl groups excluding tert-OH is 1. The number of hydrogen-bond acceptors (Lipinski definition) is 3. The Balaban J connectivity index is 2.14. The van der Waals surface area contributed by atoms with Gasteiger partial charge in [0, 0.05) is 6.54 Å². The van der Waals surface area contributed by atoms with Crippen molar-refractivity contribution in [3.05, 3.63) is 28.5 Å². The normalized spacial score (nSPS) is 21.4. The molecule has 0 unspecified atom stereocenters. The molecule has 0 bridgehead atoms. The molecule has 7 heteroatoms. The molecule has 1 fully saturated rings. The van der Waals surface area contributed by atoms with Crippen molar-refractivity contribution < 1.29 is 19.0 Å². The van der Waals surface area contributed by atoms with Gasteiger partial charge in [-0.2, -0.15) is 0 Å². The van der Waals surface area contributed by atoms with Crippen molar-refractivity contribution in [3.8, 4) is 0 Å². The highest BCUT2D eigenvalue weighted by Crippen LogP contribution is 2.26. The number of hydrogen-bond donors (Lipinski definition) is 2. The summed E-state index contributed by atoms with van der Waals surface area (Å²) in [4.78, 5) is 13.8. The zero-order valence-electron chi connectivity index (χ0n) is 11.9. The fourth-order valence-corrected chi connectivity index (χ4v) is 2.50. The molecule has 1 heterocycles. The lowest BCUT2D eigenvalue weighted by atomic mass is 10.2. The van der Waals surface area contributed by atoms with Crippen molar-refractivity contribution in [2.75, 3.05) is 25.1 Å². The summed E-state index contributed by atoms with van der Waals surface area (Å²) in [5, 5.41) is 12.6. The SMILES string of the molecule is CCN(C(=O)Nc1cc(C)c(F)cc1Cl)[C@@H]1COC[C@H]1O. The van der Waals surface area contributed by atoms with E-state index in [1.807, 2.05) is 6.92 Å². The molecule has 0 spiro atoms. The van der Waals surface area contributed by atoms with E-state index in [-0.39, 0.29) is 11.6 Å². The molecule has 1 aliphatic rings. The van der Waals surface area contributed by atoms with E-state index >= 15 is 0 Å². The van der Waals surface area contributed by atoms with Crippen LogP contribution in [0.15, 0.2) is 12.1 Å². The summed E-state index contributed by atoms with van der Waals surface area (Å²) in [6.07, 6.45) is -0.707. The zero-order chi connectivity index (χ0) is 15.6. The maximum atomic E-state index is 13.4. The molecule has 2 rings (SSSR count). The molecular formula is C14H18ClFN2O3. The number of ether oxygens (including phenoxy) is 1. The van der Waals surface area contributed by atoms with Gasteiger partial charge in [0.25, 0.3) is 0 Å². The maximum Gasteiger partial charge on any atom is 0.322 e. The van der Waals surface area contributed by atoms with Crippen LogP contribution in [0.1, 0.15) is 12.5 Å². The topological polar surface area (TPSA) is 61.8 Å².